The van der Waals surface area contributed by atoms with Gasteiger partial charge in [0.05, 0.1) is 44.6 Å². The number of hydrogen-bond acceptors (Lipinski definition) is 5. The molecule has 3 rings (SSSR count). The average molecular weight is 457 g/mol. The molecule has 2 aromatic carbocycles. The highest BCUT2D eigenvalue weighted by Gasteiger charge is 2.48. The second-order valence-corrected chi connectivity index (χ2v) is 7.16. The zero-order chi connectivity index (χ0) is 19.7. The first kappa shape index (κ1) is 19.6. The lowest BCUT2D eigenvalue weighted by molar-refractivity contribution is -0.123. The molecule has 0 aliphatic carbocycles. The minimum atomic E-state index is -0.663. The van der Waals surface area contributed by atoms with Crippen LogP contribution in [0.4, 0.5) is 5.69 Å². The zero-order valence-electron chi connectivity index (χ0n) is 15.3. The van der Waals surface area contributed by atoms with Crippen molar-refractivity contribution in [2.75, 3.05) is 33.3 Å². The summed E-state index contributed by atoms with van der Waals surface area (Å²) in [6.07, 6.45) is 0. The first-order chi connectivity index (χ1) is 13.0. The highest BCUT2D eigenvalue weighted by Crippen LogP contribution is 2.48. The highest BCUT2D eigenvalue weighted by molar-refractivity contribution is 9.10. The van der Waals surface area contributed by atoms with E-state index in [1.165, 1.54) is 21.3 Å². The molecule has 1 aliphatic rings. The molecule has 0 N–H and O–H groups in total. The van der Waals surface area contributed by atoms with E-state index in [4.69, 9.17) is 30.5 Å². The molecule has 6 nitrogen and oxygen atoms in total. The number of carbonyl (C=O) groups excluding carboxylic acids is 1. The summed E-state index contributed by atoms with van der Waals surface area (Å²) >= 11 is 9.83. The van der Waals surface area contributed by atoms with Crippen molar-refractivity contribution in [3.05, 3.63) is 40.4 Å². The third kappa shape index (κ3) is 3.30. The first-order valence-corrected chi connectivity index (χ1v) is 9.30. The Morgan fingerprint density at radius 1 is 0.926 bits per heavy atom. The summed E-state index contributed by atoms with van der Waals surface area (Å²) < 4.78 is 22.2. The van der Waals surface area contributed by atoms with Crippen LogP contribution in [0.25, 0.3) is 0 Å². The van der Waals surface area contributed by atoms with Crippen LogP contribution in [0, 0.1) is 0 Å². The van der Waals surface area contributed by atoms with Crippen molar-refractivity contribution in [3.8, 4) is 23.0 Å². The van der Waals surface area contributed by atoms with Gasteiger partial charge in [0, 0.05) is 12.1 Å². The van der Waals surface area contributed by atoms with Crippen LogP contribution in [-0.2, 0) is 4.79 Å². The van der Waals surface area contributed by atoms with E-state index in [-0.39, 0.29) is 11.9 Å². The van der Waals surface area contributed by atoms with E-state index in [2.05, 4.69) is 15.9 Å². The van der Waals surface area contributed by atoms with Gasteiger partial charge in [0.25, 0.3) is 0 Å². The molecule has 8 heteroatoms. The van der Waals surface area contributed by atoms with Gasteiger partial charge in [0.1, 0.15) is 11.1 Å². The molecule has 0 spiro atoms. The van der Waals surface area contributed by atoms with E-state index < -0.39 is 5.38 Å². The summed E-state index contributed by atoms with van der Waals surface area (Å²) in [5, 5.41) is -0.663. The Kier molecular flexibility index (Phi) is 5.72. The van der Waals surface area contributed by atoms with Crippen LogP contribution < -0.4 is 23.8 Å². The van der Waals surface area contributed by atoms with Gasteiger partial charge >= 0.3 is 0 Å². The number of hydrogen-bond donors (Lipinski definition) is 0. The van der Waals surface area contributed by atoms with Gasteiger partial charge in [-0.2, -0.15) is 0 Å². The van der Waals surface area contributed by atoms with Crippen molar-refractivity contribution in [1.29, 1.82) is 0 Å². The van der Waals surface area contributed by atoms with E-state index in [1.54, 1.807) is 24.1 Å². The van der Waals surface area contributed by atoms with Gasteiger partial charge in [-0.15, -0.1) is 11.6 Å². The predicted molar refractivity (Wildman–Crippen MR) is 107 cm³/mol. The topological polar surface area (TPSA) is 57.2 Å². The minimum Gasteiger partial charge on any atom is -0.496 e. The van der Waals surface area contributed by atoms with Gasteiger partial charge in [-0.1, -0.05) is 6.07 Å². The summed E-state index contributed by atoms with van der Waals surface area (Å²) in [7, 11) is 6.18. The fourth-order valence-electron chi connectivity index (χ4n) is 3.13. The number of amides is 1. The molecule has 2 aromatic rings. The normalized spacial score (nSPS) is 18.7. The minimum absolute atomic E-state index is 0.192. The molecule has 1 aliphatic heterocycles. The zero-order valence-corrected chi connectivity index (χ0v) is 17.6. The second-order valence-electron chi connectivity index (χ2n) is 5.83. The third-order valence-corrected chi connectivity index (χ3v) is 5.52. The Morgan fingerprint density at radius 3 is 2.00 bits per heavy atom. The molecule has 2 atom stereocenters. The Balaban J connectivity index is 2.05. The summed E-state index contributed by atoms with van der Waals surface area (Å²) in [5.74, 6) is 1.90. The Bertz CT molecular complexity index is 850. The Hall–Kier alpha value is -2.12. The molecule has 27 heavy (non-hydrogen) atoms. The maximum absolute atomic E-state index is 12.6. The molecule has 1 saturated heterocycles. The lowest BCUT2D eigenvalue weighted by Gasteiger charge is -2.44. The van der Waals surface area contributed by atoms with Crippen LogP contribution in [0.3, 0.4) is 0 Å². The van der Waals surface area contributed by atoms with E-state index in [9.17, 15) is 4.79 Å². The molecule has 0 radical (unpaired) electrons. The van der Waals surface area contributed by atoms with Crippen LogP contribution in [0.5, 0.6) is 23.0 Å². The monoisotopic (exact) mass is 455 g/mol. The van der Waals surface area contributed by atoms with Crippen LogP contribution in [0.2, 0.25) is 0 Å². The molecule has 0 aromatic heterocycles. The predicted octanol–water partition coefficient (Wildman–Crippen LogP) is 4.18. The van der Waals surface area contributed by atoms with Gasteiger partial charge in [-0.3, -0.25) is 4.79 Å². The van der Waals surface area contributed by atoms with Crippen LogP contribution in [0.1, 0.15) is 11.6 Å². The molecule has 0 saturated carbocycles. The largest absolute Gasteiger partial charge is 0.496 e. The van der Waals surface area contributed by atoms with Crippen molar-refractivity contribution in [3.63, 3.8) is 0 Å². The number of ether oxygens (including phenoxy) is 4. The number of β-lactam (4-membered cyclic amide) rings is 1. The van der Waals surface area contributed by atoms with Gasteiger partial charge in [0.15, 0.2) is 11.5 Å². The number of carbonyl (C=O) groups is 1. The van der Waals surface area contributed by atoms with E-state index in [1.807, 2.05) is 18.2 Å². The van der Waals surface area contributed by atoms with E-state index in [0.29, 0.717) is 28.7 Å². The molecule has 0 bridgehead atoms. The quantitative estimate of drug-likeness (QED) is 0.482. The SMILES string of the molecule is COc1ccc([C@H]2[C@H](Cl)C(=O)N2c2cc(OC)c(OC)c(OC)c2)cc1Br. The lowest BCUT2D eigenvalue weighted by atomic mass is 9.92. The molecule has 144 valence electrons. The Labute approximate surface area is 171 Å². The fourth-order valence-corrected chi connectivity index (χ4v) is 4.05. The summed E-state index contributed by atoms with van der Waals surface area (Å²) in [6, 6.07) is 8.75. The Morgan fingerprint density at radius 2 is 1.52 bits per heavy atom. The average Bonchev–Trinajstić information content (AvgIpc) is 2.69. The number of nitrogens with zero attached hydrogens (tertiary/aromatic N) is 1. The van der Waals surface area contributed by atoms with Crippen molar-refractivity contribution >= 4 is 39.1 Å². The number of halogens is 2. The number of anilines is 1. The van der Waals surface area contributed by atoms with E-state index >= 15 is 0 Å². The van der Waals surface area contributed by atoms with Crippen LogP contribution in [0.15, 0.2) is 34.8 Å². The van der Waals surface area contributed by atoms with Gasteiger partial charge in [-0.25, -0.2) is 0 Å². The number of methoxy groups -OCH3 is 4. The van der Waals surface area contributed by atoms with Crippen molar-refractivity contribution in [2.45, 2.75) is 11.4 Å². The third-order valence-electron chi connectivity index (χ3n) is 4.47. The molecule has 0 unspecified atom stereocenters. The molecule has 1 amide bonds. The molecule has 1 fully saturated rings. The van der Waals surface area contributed by atoms with Gasteiger partial charge in [0.2, 0.25) is 11.7 Å². The number of alkyl halides is 1. The maximum Gasteiger partial charge on any atom is 0.248 e. The van der Waals surface area contributed by atoms with E-state index in [0.717, 1.165) is 10.0 Å². The first-order valence-electron chi connectivity index (χ1n) is 8.07. The van der Waals surface area contributed by atoms with Crippen LogP contribution in [-0.4, -0.2) is 39.7 Å². The molecule has 1 heterocycles. The number of rotatable bonds is 6. The van der Waals surface area contributed by atoms with Crippen molar-refractivity contribution in [2.24, 2.45) is 0 Å². The summed E-state index contributed by atoms with van der Waals surface area (Å²) in [4.78, 5) is 14.2. The van der Waals surface area contributed by atoms with Crippen molar-refractivity contribution in [1.82, 2.24) is 0 Å². The van der Waals surface area contributed by atoms with Crippen molar-refractivity contribution < 1.29 is 23.7 Å². The lowest BCUT2D eigenvalue weighted by Crippen LogP contribution is -2.56. The second kappa shape index (κ2) is 7.86. The smallest absolute Gasteiger partial charge is 0.248 e. The fraction of sp³-hybridized carbons (Fsp3) is 0.316. The molecular formula is C19H19BrClNO5. The van der Waals surface area contributed by atoms with Gasteiger partial charge < -0.3 is 23.8 Å². The van der Waals surface area contributed by atoms with Gasteiger partial charge in [-0.05, 0) is 33.6 Å². The summed E-state index contributed by atoms with van der Waals surface area (Å²) in [5.41, 5.74) is 1.50. The van der Waals surface area contributed by atoms with Crippen LogP contribution >= 0.6 is 27.5 Å². The summed E-state index contributed by atoms with van der Waals surface area (Å²) in [6.45, 7) is 0. The standard InChI is InChI=1S/C19H19BrClNO5/c1-24-13-6-5-10(7-12(13)20)17-16(21)19(23)22(17)11-8-14(25-2)18(27-4)15(9-11)26-3/h5-9,16-17H,1-4H3/t16-,17-/m0/s1. The highest BCUT2D eigenvalue weighted by atomic mass is 79.9. The number of benzene rings is 2. The molecular weight excluding hydrogens is 438 g/mol. The maximum atomic E-state index is 12.6.